The standard InChI is InChI=1S/C12H16F3N/c1-2-3-4-8-16-11-7-5-6-10(9-11)12(13,14)15/h5-7,9,16H,2-4,8H2,1H3. The topological polar surface area (TPSA) is 12.0 Å². The predicted octanol–water partition coefficient (Wildman–Crippen LogP) is 4.31. The second-order valence-corrected chi connectivity index (χ2v) is 3.71. The van der Waals surface area contributed by atoms with E-state index >= 15 is 0 Å². The lowest BCUT2D eigenvalue weighted by molar-refractivity contribution is -0.137. The molecule has 1 aromatic carbocycles. The molecule has 0 heterocycles. The fourth-order valence-corrected chi connectivity index (χ4v) is 1.41. The van der Waals surface area contributed by atoms with Gasteiger partial charge in [-0.15, -0.1) is 0 Å². The van der Waals surface area contributed by atoms with Crippen LogP contribution >= 0.6 is 0 Å². The Kier molecular flexibility index (Phi) is 4.65. The summed E-state index contributed by atoms with van der Waals surface area (Å²) in [5.74, 6) is 0. The van der Waals surface area contributed by atoms with E-state index in [4.69, 9.17) is 0 Å². The van der Waals surface area contributed by atoms with E-state index in [1.54, 1.807) is 6.07 Å². The van der Waals surface area contributed by atoms with E-state index in [-0.39, 0.29) is 0 Å². The second-order valence-electron chi connectivity index (χ2n) is 3.71. The summed E-state index contributed by atoms with van der Waals surface area (Å²) in [6.45, 7) is 2.80. The average Bonchev–Trinajstić information content (AvgIpc) is 2.24. The van der Waals surface area contributed by atoms with Gasteiger partial charge in [0, 0.05) is 12.2 Å². The summed E-state index contributed by atoms with van der Waals surface area (Å²) in [5.41, 5.74) is -0.0704. The van der Waals surface area contributed by atoms with E-state index in [0.717, 1.165) is 37.9 Å². The Morgan fingerprint density at radius 2 is 1.94 bits per heavy atom. The van der Waals surface area contributed by atoms with E-state index < -0.39 is 11.7 Å². The number of alkyl halides is 3. The zero-order chi connectivity index (χ0) is 12.0. The number of anilines is 1. The van der Waals surface area contributed by atoms with Crippen LogP contribution in [0, 0.1) is 0 Å². The van der Waals surface area contributed by atoms with Gasteiger partial charge in [-0.3, -0.25) is 0 Å². The first-order chi connectivity index (χ1) is 7.54. The highest BCUT2D eigenvalue weighted by Gasteiger charge is 2.30. The van der Waals surface area contributed by atoms with Crippen LogP contribution in [0.4, 0.5) is 18.9 Å². The minimum absolute atomic E-state index is 0.533. The van der Waals surface area contributed by atoms with Crippen molar-refractivity contribution in [2.24, 2.45) is 0 Å². The quantitative estimate of drug-likeness (QED) is 0.745. The lowest BCUT2D eigenvalue weighted by Gasteiger charge is -2.10. The molecule has 0 aliphatic carbocycles. The molecule has 1 rings (SSSR count). The van der Waals surface area contributed by atoms with Gasteiger partial charge in [0.2, 0.25) is 0 Å². The summed E-state index contributed by atoms with van der Waals surface area (Å²) >= 11 is 0. The number of halogens is 3. The van der Waals surface area contributed by atoms with Crippen molar-refractivity contribution < 1.29 is 13.2 Å². The van der Waals surface area contributed by atoms with Crippen molar-refractivity contribution >= 4 is 5.69 Å². The van der Waals surface area contributed by atoms with Crippen LogP contribution in [0.3, 0.4) is 0 Å². The molecule has 4 heteroatoms. The zero-order valence-electron chi connectivity index (χ0n) is 9.27. The first-order valence-corrected chi connectivity index (χ1v) is 5.45. The summed E-state index contributed by atoms with van der Waals surface area (Å²) in [6.07, 6.45) is -1.09. The van der Waals surface area contributed by atoms with Crippen LogP contribution in [0.2, 0.25) is 0 Å². The monoisotopic (exact) mass is 231 g/mol. The summed E-state index contributed by atoms with van der Waals surface area (Å²) in [5, 5.41) is 2.99. The average molecular weight is 231 g/mol. The van der Waals surface area contributed by atoms with Crippen LogP contribution in [0.15, 0.2) is 24.3 Å². The molecule has 0 saturated carbocycles. The fraction of sp³-hybridized carbons (Fsp3) is 0.500. The molecule has 0 radical (unpaired) electrons. The number of unbranched alkanes of at least 4 members (excludes halogenated alkanes) is 2. The zero-order valence-corrected chi connectivity index (χ0v) is 9.27. The third-order valence-electron chi connectivity index (χ3n) is 2.30. The Morgan fingerprint density at radius 1 is 1.19 bits per heavy atom. The largest absolute Gasteiger partial charge is 0.416 e. The van der Waals surface area contributed by atoms with Crippen LogP contribution in [-0.4, -0.2) is 6.54 Å². The Balaban J connectivity index is 2.54. The van der Waals surface area contributed by atoms with Gasteiger partial charge >= 0.3 is 6.18 Å². The van der Waals surface area contributed by atoms with Gasteiger partial charge in [-0.25, -0.2) is 0 Å². The van der Waals surface area contributed by atoms with Crippen LogP contribution in [0.1, 0.15) is 31.7 Å². The SMILES string of the molecule is CCCCCNc1cccc(C(F)(F)F)c1. The highest BCUT2D eigenvalue weighted by molar-refractivity contribution is 5.46. The molecule has 0 saturated heterocycles. The van der Waals surface area contributed by atoms with Gasteiger partial charge in [0.1, 0.15) is 0 Å². The maximum Gasteiger partial charge on any atom is 0.416 e. The van der Waals surface area contributed by atoms with Gasteiger partial charge in [-0.2, -0.15) is 13.2 Å². The third-order valence-corrected chi connectivity index (χ3v) is 2.30. The van der Waals surface area contributed by atoms with Gasteiger partial charge in [0.15, 0.2) is 0 Å². The van der Waals surface area contributed by atoms with Crippen molar-refractivity contribution in [1.82, 2.24) is 0 Å². The van der Waals surface area contributed by atoms with Gasteiger partial charge in [0.05, 0.1) is 5.56 Å². The molecule has 0 bridgehead atoms. The van der Waals surface area contributed by atoms with Crippen molar-refractivity contribution in [2.45, 2.75) is 32.4 Å². The van der Waals surface area contributed by atoms with Gasteiger partial charge in [-0.1, -0.05) is 25.8 Å². The lowest BCUT2D eigenvalue weighted by Crippen LogP contribution is -2.07. The maximum absolute atomic E-state index is 12.4. The molecule has 16 heavy (non-hydrogen) atoms. The van der Waals surface area contributed by atoms with Crippen LogP contribution < -0.4 is 5.32 Å². The maximum atomic E-state index is 12.4. The molecule has 0 atom stereocenters. The molecule has 1 N–H and O–H groups in total. The van der Waals surface area contributed by atoms with Gasteiger partial charge < -0.3 is 5.32 Å². The number of rotatable bonds is 5. The minimum atomic E-state index is -4.26. The summed E-state index contributed by atoms with van der Waals surface area (Å²) in [4.78, 5) is 0. The van der Waals surface area contributed by atoms with Gasteiger partial charge in [0.25, 0.3) is 0 Å². The first-order valence-electron chi connectivity index (χ1n) is 5.45. The van der Waals surface area contributed by atoms with Crippen LogP contribution in [0.5, 0.6) is 0 Å². The number of benzene rings is 1. The van der Waals surface area contributed by atoms with E-state index in [0.29, 0.717) is 5.69 Å². The molecule has 0 aliphatic rings. The molecular weight excluding hydrogens is 215 g/mol. The van der Waals surface area contributed by atoms with E-state index in [1.807, 2.05) is 0 Å². The minimum Gasteiger partial charge on any atom is -0.385 e. The number of hydrogen-bond donors (Lipinski definition) is 1. The molecule has 1 aromatic rings. The van der Waals surface area contributed by atoms with Crippen molar-refractivity contribution in [3.8, 4) is 0 Å². The Morgan fingerprint density at radius 3 is 2.56 bits per heavy atom. The Hall–Kier alpha value is -1.19. The molecule has 0 amide bonds. The van der Waals surface area contributed by atoms with E-state index in [1.165, 1.54) is 6.07 Å². The molecular formula is C12H16F3N. The predicted molar refractivity (Wildman–Crippen MR) is 59.5 cm³/mol. The smallest absolute Gasteiger partial charge is 0.385 e. The number of hydrogen-bond acceptors (Lipinski definition) is 1. The third kappa shape index (κ3) is 4.13. The lowest BCUT2D eigenvalue weighted by atomic mass is 10.2. The van der Waals surface area contributed by atoms with Crippen molar-refractivity contribution in [2.75, 3.05) is 11.9 Å². The Bertz CT molecular complexity index is 320. The van der Waals surface area contributed by atoms with Crippen LogP contribution in [0.25, 0.3) is 0 Å². The van der Waals surface area contributed by atoms with E-state index in [9.17, 15) is 13.2 Å². The molecule has 1 nitrogen and oxygen atoms in total. The van der Waals surface area contributed by atoms with E-state index in [2.05, 4.69) is 12.2 Å². The molecule has 0 fully saturated rings. The molecule has 0 spiro atoms. The molecule has 0 aromatic heterocycles. The highest BCUT2D eigenvalue weighted by Crippen LogP contribution is 2.30. The molecule has 0 aliphatic heterocycles. The molecule has 0 unspecified atom stereocenters. The summed E-state index contributed by atoms with van der Waals surface area (Å²) < 4.78 is 37.1. The summed E-state index contributed by atoms with van der Waals surface area (Å²) in [6, 6.07) is 5.30. The van der Waals surface area contributed by atoms with Crippen LogP contribution in [-0.2, 0) is 6.18 Å². The highest BCUT2D eigenvalue weighted by atomic mass is 19.4. The Labute approximate surface area is 93.7 Å². The van der Waals surface area contributed by atoms with Gasteiger partial charge in [-0.05, 0) is 24.6 Å². The second kappa shape index (κ2) is 5.77. The van der Waals surface area contributed by atoms with Crippen molar-refractivity contribution in [3.63, 3.8) is 0 Å². The first kappa shape index (κ1) is 12.9. The fourth-order valence-electron chi connectivity index (χ4n) is 1.41. The van der Waals surface area contributed by atoms with Crippen molar-refractivity contribution in [1.29, 1.82) is 0 Å². The van der Waals surface area contributed by atoms with Crippen molar-refractivity contribution in [3.05, 3.63) is 29.8 Å². The summed E-state index contributed by atoms with van der Waals surface area (Å²) in [7, 11) is 0. The number of nitrogens with one attached hydrogen (secondary N) is 1. The molecule has 90 valence electrons. The normalized spacial score (nSPS) is 11.5.